The smallest absolute Gasteiger partial charge is 0.160 e. The molecule has 1 fully saturated rings. The molecule has 0 atom stereocenters. The Morgan fingerprint density at radius 3 is 2.44 bits per heavy atom. The fraction of sp³-hybridized carbons (Fsp3) is 0.538. The van der Waals surface area contributed by atoms with Gasteiger partial charge in [0, 0.05) is 5.54 Å². The molecule has 3 nitrogen and oxygen atoms in total. The lowest BCUT2D eigenvalue weighted by molar-refractivity contribution is 0.354. The van der Waals surface area contributed by atoms with Gasteiger partial charge in [0.05, 0.1) is 14.2 Å². The Morgan fingerprint density at radius 1 is 1.19 bits per heavy atom. The van der Waals surface area contributed by atoms with Crippen LogP contribution in [0.5, 0.6) is 11.5 Å². The molecule has 1 aliphatic rings. The Kier molecular flexibility index (Phi) is 3.06. The molecule has 1 saturated carbocycles. The Labute approximate surface area is 96.5 Å². The summed E-state index contributed by atoms with van der Waals surface area (Å²) in [6.45, 7) is 0. The summed E-state index contributed by atoms with van der Waals surface area (Å²) < 4.78 is 10.5. The van der Waals surface area contributed by atoms with Gasteiger partial charge in [-0.1, -0.05) is 6.07 Å². The van der Waals surface area contributed by atoms with E-state index in [1.54, 1.807) is 14.2 Å². The van der Waals surface area contributed by atoms with Gasteiger partial charge < -0.3 is 15.2 Å². The molecule has 1 aliphatic carbocycles. The minimum Gasteiger partial charge on any atom is -0.493 e. The zero-order valence-electron chi connectivity index (χ0n) is 9.95. The zero-order chi connectivity index (χ0) is 11.6. The predicted octanol–water partition coefficient (Wildman–Crippen LogP) is 2.13. The summed E-state index contributed by atoms with van der Waals surface area (Å²) in [5.74, 6) is 1.57. The molecule has 2 rings (SSSR count). The number of methoxy groups -OCH3 is 2. The second-order valence-corrected chi connectivity index (χ2v) is 4.55. The molecule has 1 aromatic carbocycles. The lowest BCUT2D eigenvalue weighted by atomic mass is 10.0. The average Bonchev–Trinajstić information content (AvgIpc) is 3.05. The van der Waals surface area contributed by atoms with Crippen molar-refractivity contribution in [2.45, 2.75) is 31.2 Å². The number of nitrogens with two attached hydrogens (primary N) is 1. The van der Waals surface area contributed by atoms with Crippen molar-refractivity contribution in [1.82, 2.24) is 0 Å². The van der Waals surface area contributed by atoms with E-state index < -0.39 is 0 Å². The van der Waals surface area contributed by atoms with Crippen molar-refractivity contribution < 1.29 is 9.47 Å². The highest BCUT2D eigenvalue weighted by Crippen LogP contribution is 2.37. The first-order valence-corrected chi connectivity index (χ1v) is 5.67. The van der Waals surface area contributed by atoms with Gasteiger partial charge in [-0.15, -0.1) is 0 Å². The van der Waals surface area contributed by atoms with E-state index in [0.717, 1.165) is 24.3 Å². The quantitative estimate of drug-likeness (QED) is 0.828. The van der Waals surface area contributed by atoms with E-state index in [1.807, 2.05) is 12.1 Å². The molecule has 3 heteroatoms. The molecular weight excluding hydrogens is 202 g/mol. The van der Waals surface area contributed by atoms with Gasteiger partial charge in [0.1, 0.15) is 0 Å². The van der Waals surface area contributed by atoms with Crippen molar-refractivity contribution >= 4 is 0 Å². The predicted molar refractivity (Wildman–Crippen MR) is 64.0 cm³/mol. The zero-order valence-corrected chi connectivity index (χ0v) is 9.95. The van der Waals surface area contributed by atoms with Crippen LogP contribution >= 0.6 is 0 Å². The highest BCUT2D eigenvalue weighted by molar-refractivity contribution is 5.43. The fourth-order valence-electron chi connectivity index (χ4n) is 1.84. The first-order valence-electron chi connectivity index (χ1n) is 5.67. The molecule has 0 aliphatic heterocycles. The maximum Gasteiger partial charge on any atom is 0.160 e. The number of aryl methyl sites for hydroxylation is 1. The number of hydrogen-bond acceptors (Lipinski definition) is 3. The number of benzene rings is 1. The van der Waals surface area contributed by atoms with Crippen LogP contribution in [0, 0.1) is 0 Å². The highest BCUT2D eigenvalue weighted by Gasteiger charge is 2.37. The van der Waals surface area contributed by atoms with Crippen LogP contribution in [0.2, 0.25) is 0 Å². The van der Waals surface area contributed by atoms with E-state index in [1.165, 1.54) is 18.4 Å². The van der Waals surface area contributed by atoms with Crippen molar-refractivity contribution in [3.05, 3.63) is 23.8 Å². The Balaban J connectivity index is 2.04. The van der Waals surface area contributed by atoms with Crippen LogP contribution < -0.4 is 15.2 Å². The summed E-state index contributed by atoms with van der Waals surface area (Å²) in [4.78, 5) is 0. The van der Waals surface area contributed by atoms with E-state index in [4.69, 9.17) is 15.2 Å². The minimum absolute atomic E-state index is 0.118. The Hall–Kier alpha value is -1.22. The maximum atomic E-state index is 6.07. The molecule has 0 bridgehead atoms. The monoisotopic (exact) mass is 221 g/mol. The lowest BCUT2D eigenvalue weighted by Crippen LogP contribution is -2.22. The molecule has 16 heavy (non-hydrogen) atoms. The van der Waals surface area contributed by atoms with Crippen molar-refractivity contribution in [2.75, 3.05) is 14.2 Å². The molecule has 0 spiro atoms. The van der Waals surface area contributed by atoms with Crippen molar-refractivity contribution in [3.63, 3.8) is 0 Å². The number of ether oxygens (including phenoxy) is 2. The standard InChI is InChI=1S/C13H19NO2/c1-15-11-4-3-10(9-12(11)16-2)5-6-13(14)7-8-13/h3-4,9H,5-8,14H2,1-2H3. The van der Waals surface area contributed by atoms with Gasteiger partial charge >= 0.3 is 0 Å². The number of hydrogen-bond donors (Lipinski definition) is 1. The van der Waals surface area contributed by atoms with Gasteiger partial charge in [-0.3, -0.25) is 0 Å². The molecule has 1 aromatic rings. The molecule has 0 radical (unpaired) electrons. The van der Waals surface area contributed by atoms with Gasteiger partial charge in [-0.25, -0.2) is 0 Å². The van der Waals surface area contributed by atoms with Gasteiger partial charge in [-0.05, 0) is 43.4 Å². The molecule has 88 valence electrons. The minimum atomic E-state index is 0.118. The van der Waals surface area contributed by atoms with Crippen LogP contribution in [0.3, 0.4) is 0 Å². The molecular formula is C13H19NO2. The van der Waals surface area contributed by atoms with Gasteiger partial charge in [0.25, 0.3) is 0 Å². The van der Waals surface area contributed by atoms with Gasteiger partial charge in [0.2, 0.25) is 0 Å². The third-order valence-corrected chi connectivity index (χ3v) is 3.25. The third kappa shape index (κ3) is 2.47. The highest BCUT2D eigenvalue weighted by atomic mass is 16.5. The molecule has 0 heterocycles. The third-order valence-electron chi connectivity index (χ3n) is 3.25. The normalized spacial score (nSPS) is 16.9. The molecule has 2 N–H and O–H groups in total. The van der Waals surface area contributed by atoms with E-state index in [-0.39, 0.29) is 5.54 Å². The van der Waals surface area contributed by atoms with Crippen molar-refractivity contribution in [2.24, 2.45) is 5.73 Å². The fourth-order valence-corrected chi connectivity index (χ4v) is 1.84. The lowest BCUT2D eigenvalue weighted by Gasteiger charge is -2.11. The maximum absolute atomic E-state index is 6.07. The molecule has 0 saturated heterocycles. The van der Waals surface area contributed by atoms with Gasteiger partial charge in [0.15, 0.2) is 11.5 Å². The van der Waals surface area contributed by atoms with Crippen LogP contribution in [-0.4, -0.2) is 19.8 Å². The Bertz CT molecular complexity index is 372. The summed E-state index contributed by atoms with van der Waals surface area (Å²) in [5, 5.41) is 0. The van der Waals surface area contributed by atoms with Crippen molar-refractivity contribution in [3.8, 4) is 11.5 Å². The van der Waals surface area contributed by atoms with E-state index >= 15 is 0 Å². The van der Waals surface area contributed by atoms with Crippen LogP contribution in [-0.2, 0) is 6.42 Å². The summed E-state index contributed by atoms with van der Waals surface area (Å²) in [6, 6.07) is 6.06. The summed E-state index contributed by atoms with van der Waals surface area (Å²) in [5.41, 5.74) is 7.44. The summed E-state index contributed by atoms with van der Waals surface area (Å²) in [6.07, 6.45) is 4.40. The molecule has 0 aromatic heterocycles. The molecule has 0 unspecified atom stereocenters. The van der Waals surface area contributed by atoms with Crippen LogP contribution in [0.25, 0.3) is 0 Å². The van der Waals surface area contributed by atoms with E-state index in [0.29, 0.717) is 0 Å². The molecule has 0 amide bonds. The summed E-state index contributed by atoms with van der Waals surface area (Å²) in [7, 11) is 3.31. The van der Waals surface area contributed by atoms with E-state index in [9.17, 15) is 0 Å². The second kappa shape index (κ2) is 4.34. The summed E-state index contributed by atoms with van der Waals surface area (Å²) >= 11 is 0. The second-order valence-electron chi connectivity index (χ2n) is 4.55. The first kappa shape index (κ1) is 11.3. The largest absolute Gasteiger partial charge is 0.493 e. The topological polar surface area (TPSA) is 44.5 Å². The van der Waals surface area contributed by atoms with Gasteiger partial charge in [-0.2, -0.15) is 0 Å². The first-order chi connectivity index (χ1) is 7.67. The van der Waals surface area contributed by atoms with Crippen LogP contribution in [0.4, 0.5) is 0 Å². The number of rotatable bonds is 5. The van der Waals surface area contributed by atoms with Crippen LogP contribution in [0.15, 0.2) is 18.2 Å². The van der Waals surface area contributed by atoms with E-state index in [2.05, 4.69) is 6.07 Å². The average molecular weight is 221 g/mol. The SMILES string of the molecule is COc1ccc(CCC2(N)CC2)cc1OC. The van der Waals surface area contributed by atoms with Crippen LogP contribution in [0.1, 0.15) is 24.8 Å². The van der Waals surface area contributed by atoms with Crippen molar-refractivity contribution in [1.29, 1.82) is 0 Å². The Morgan fingerprint density at radius 2 is 1.88 bits per heavy atom.